The van der Waals surface area contributed by atoms with Gasteiger partial charge < -0.3 is 4.98 Å². The van der Waals surface area contributed by atoms with Crippen molar-refractivity contribution < 1.29 is 0 Å². The van der Waals surface area contributed by atoms with Crippen LogP contribution in [0, 0.1) is 6.92 Å². The molecule has 0 saturated carbocycles. The summed E-state index contributed by atoms with van der Waals surface area (Å²) in [5.74, 6) is 0. The molecule has 3 heterocycles. The fourth-order valence-corrected chi connectivity index (χ4v) is 3.35. The zero-order valence-electron chi connectivity index (χ0n) is 13.7. The van der Waals surface area contributed by atoms with Crippen LogP contribution in [0.25, 0.3) is 44.3 Å². The first-order chi connectivity index (χ1) is 12.3. The summed E-state index contributed by atoms with van der Waals surface area (Å²) in [6.45, 7) is 2.11. The van der Waals surface area contributed by atoms with Gasteiger partial charge in [0, 0.05) is 34.2 Å². The van der Waals surface area contributed by atoms with Crippen LogP contribution in [0.4, 0.5) is 0 Å². The summed E-state index contributed by atoms with van der Waals surface area (Å²) in [5, 5.41) is 9.98. The number of aromatic amines is 2. The number of pyridine rings is 1. The number of aryl methyl sites for hydroxylation is 1. The van der Waals surface area contributed by atoms with Crippen molar-refractivity contribution in [3.05, 3.63) is 72.6 Å². The van der Waals surface area contributed by atoms with Crippen molar-refractivity contribution in [2.24, 2.45) is 0 Å². The van der Waals surface area contributed by atoms with E-state index in [-0.39, 0.29) is 0 Å². The van der Waals surface area contributed by atoms with Crippen LogP contribution in [-0.2, 0) is 0 Å². The molecule has 2 aromatic carbocycles. The second-order valence-electron chi connectivity index (χ2n) is 6.29. The maximum absolute atomic E-state index is 4.55. The summed E-state index contributed by atoms with van der Waals surface area (Å²) in [4.78, 5) is 7.74. The first kappa shape index (κ1) is 14.0. The van der Waals surface area contributed by atoms with E-state index in [9.17, 15) is 0 Å². The van der Waals surface area contributed by atoms with Gasteiger partial charge in [-0.25, -0.2) is 0 Å². The molecule has 0 bridgehead atoms. The number of para-hydroxylation sites is 1. The van der Waals surface area contributed by atoms with E-state index in [0.29, 0.717) is 0 Å². The molecule has 120 valence electrons. The Hall–Kier alpha value is -3.40. The molecule has 2 N–H and O–H groups in total. The molecule has 0 fully saturated rings. The first-order valence-electron chi connectivity index (χ1n) is 8.27. The van der Waals surface area contributed by atoms with Crippen molar-refractivity contribution in [1.82, 2.24) is 20.2 Å². The molecule has 0 spiro atoms. The van der Waals surface area contributed by atoms with E-state index in [1.165, 1.54) is 10.9 Å². The lowest BCUT2D eigenvalue weighted by Gasteiger charge is -2.05. The second-order valence-corrected chi connectivity index (χ2v) is 6.29. The van der Waals surface area contributed by atoms with Crippen LogP contribution in [0.15, 0.2) is 67.0 Å². The quantitative estimate of drug-likeness (QED) is 0.475. The standard InChI is InChI=1S/C21H16N4/c1-13-8-9-22-12-17(13)14-6-7-19-16(10-14)21(25-24-19)20-11-15-4-2-3-5-18(15)23-20/h2-12,23H,1H3,(H,24,25). The molecule has 0 atom stereocenters. The van der Waals surface area contributed by atoms with Gasteiger partial charge in [-0.15, -0.1) is 0 Å². The fourth-order valence-electron chi connectivity index (χ4n) is 3.35. The zero-order valence-corrected chi connectivity index (χ0v) is 13.7. The molecule has 3 aromatic heterocycles. The number of benzene rings is 2. The maximum Gasteiger partial charge on any atom is 0.116 e. The number of nitrogens with one attached hydrogen (secondary N) is 2. The molecule has 25 heavy (non-hydrogen) atoms. The van der Waals surface area contributed by atoms with Gasteiger partial charge in [-0.05, 0) is 48.4 Å². The summed E-state index contributed by atoms with van der Waals surface area (Å²) in [7, 11) is 0. The largest absolute Gasteiger partial charge is 0.353 e. The minimum atomic E-state index is 0.939. The van der Waals surface area contributed by atoms with Crippen LogP contribution >= 0.6 is 0 Å². The first-order valence-corrected chi connectivity index (χ1v) is 8.27. The lowest BCUT2D eigenvalue weighted by atomic mass is 10.0. The Morgan fingerprint density at radius 2 is 1.84 bits per heavy atom. The highest BCUT2D eigenvalue weighted by molar-refractivity contribution is 5.97. The Morgan fingerprint density at radius 1 is 0.920 bits per heavy atom. The average Bonchev–Trinajstić information content (AvgIpc) is 3.25. The molecule has 0 aliphatic carbocycles. The van der Waals surface area contributed by atoms with E-state index in [0.717, 1.165) is 38.9 Å². The van der Waals surface area contributed by atoms with E-state index in [1.807, 2.05) is 30.6 Å². The Morgan fingerprint density at radius 3 is 2.72 bits per heavy atom. The number of hydrogen-bond acceptors (Lipinski definition) is 2. The summed E-state index contributed by atoms with van der Waals surface area (Å²) >= 11 is 0. The highest BCUT2D eigenvalue weighted by Gasteiger charge is 2.12. The van der Waals surface area contributed by atoms with Gasteiger partial charge in [0.1, 0.15) is 5.69 Å². The number of rotatable bonds is 2. The highest BCUT2D eigenvalue weighted by atomic mass is 15.1. The number of hydrogen-bond donors (Lipinski definition) is 2. The van der Waals surface area contributed by atoms with Crippen molar-refractivity contribution >= 4 is 21.8 Å². The van der Waals surface area contributed by atoms with Crippen molar-refractivity contribution in [2.75, 3.05) is 0 Å². The van der Waals surface area contributed by atoms with Crippen LogP contribution in [0.2, 0.25) is 0 Å². The molecule has 0 unspecified atom stereocenters. The Balaban J connectivity index is 1.71. The van der Waals surface area contributed by atoms with Crippen molar-refractivity contribution in [3.63, 3.8) is 0 Å². The normalized spacial score (nSPS) is 11.4. The van der Waals surface area contributed by atoms with Crippen LogP contribution in [0.1, 0.15) is 5.56 Å². The Kier molecular flexibility index (Phi) is 2.97. The summed E-state index contributed by atoms with van der Waals surface area (Å²) < 4.78 is 0. The third-order valence-corrected chi connectivity index (χ3v) is 4.70. The molecular weight excluding hydrogens is 308 g/mol. The summed E-state index contributed by atoms with van der Waals surface area (Å²) in [5.41, 5.74) is 7.61. The molecule has 0 radical (unpaired) electrons. The van der Waals surface area contributed by atoms with Crippen LogP contribution in [-0.4, -0.2) is 20.2 Å². The number of fused-ring (bicyclic) bond motifs is 2. The van der Waals surface area contributed by atoms with E-state index >= 15 is 0 Å². The fraction of sp³-hybridized carbons (Fsp3) is 0.0476. The maximum atomic E-state index is 4.55. The van der Waals surface area contributed by atoms with Crippen molar-refractivity contribution in [2.45, 2.75) is 6.92 Å². The van der Waals surface area contributed by atoms with E-state index < -0.39 is 0 Å². The third kappa shape index (κ3) is 2.22. The second kappa shape index (κ2) is 5.31. The van der Waals surface area contributed by atoms with Gasteiger partial charge >= 0.3 is 0 Å². The topological polar surface area (TPSA) is 57.4 Å². The minimum Gasteiger partial charge on any atom is -0.353 e. The highest BCUT2D eigenvalue weighted by Crippen LogP contribution is 2.32. The molecule has 0 aliphatic rings. The number of H-pyrrole nitrogens is 2. The molecule has 0 aliphatic heterocycles. The van der Waals surface area contributed by atoms with Gasteiger partial charge in [-0.1, -0.05) is 24.3 Å². The lowest BCUT2D eigenvalue weighted by Crippen LogP contribution is -1.85. The van der Waals surface area contributed by atoms with Crippen molar-refractivity contribution in [3.8, 4) is 22.5 Å². The van der Waals surface area contributed by atoms with Gasteiger partial charge in [-0.2, -0.15) is 5.10 Å². The minimum absolute atomic E-state index is 0.939. The number of nitrogens with zero attached hydrogens (tertiary/aromatic N) is 2. The van der Waals surface area contributed by atoms with Gasteiger partial charge in [0.25, 0.3) is 0 Å². The molecule has 5 rings (SSSR count). The number of aromatic nitrogens is 4. The van der Waals surface area contributed by atoms with Gasteiger partial charge in [0.2, 0.25) is 0 Å². The predicted octanol–water partition coefficient (Wildman–Crippen LogP) is 5.08. The Labute approximate surface area is 144 Å². The molecule has 4 heteroatoms. The average molecular weight is 324 g/mol. The van der Waals surface area contributed by atoms with Crippen LogP contribution < -0.4 is 0 Å². The SMILES string of the molecule is Cc1ccncc1-c1ccc2[nH]nc(-c3cc4ccccc4[nH]3)c2c1. The molecule has 4 nitrogen and oxygen atoms in total. The van der Waals surface area contributed by atoms with Gasteiger partial charge in [0.15, 0.2) is 0 Å². The lowest BCUT2D eigenvalue weighted by molar-refractivity contribution is 1.12. The van der Waals surface area contributed by atoms with E-state index in [1.54, 1.807) is 0 Å². The monoisotopic (exact) mass is 324 g/mol. The summed E-state index contributed by atoms with van der Waals surface area (Å²) in [6.07, 6.45) is 3.74. The predicted molar refractivity (Wildman–Crippen MR) is 101 cm³/mol. The Bertz CT molecular complexity index is 1180. The molecule has 0 amide bonds. The van der Waals surface area contributed by atoms with E-state index in [2.05, 4.69) is 63.5 Å². The van der Waals surface area contributed by atoms with Crippen LogP contribution in [0.3, 0.4) is 0 Å². The zero-order chi connectivity index (χ0) is 16.8. The smallest absolute Gasteiger partial charge is 0.116 e. The summed E-state index contributed by atoms with van der Waals surface area (Å²) in [6, 6.07) is 18.8. The van der Waals surface area contributed by atoms with Gasteiger partial charge in [0.05, 0.1) is 11.2 Å². The third-order valence-electron chi connectivity index (χ3n) is 4.70. The van der Waals surface area contributed by atoms with Crippen molar-refractivity contribution in [1.29, 1.82) is 0 Å². The molecule has 0 saturated heterocycles. The van der Waals surface area contributed by atoms with Crippen LogP contribution in [0.5, 0.6) is 0 Å². The van der Waals surface area contributed by atoms with Gasteiger partial charge in [-0.3, -0.25) is 10.1 Å². The molecule has 5 aromatic rings. The molecular formula is C21H16N4. The van der Waals surface area contributed by atoms with E-state index in [4.69, 9.17) is 0 Å².